The minimum Gasteiger partial charge on any atom is -0.392 e. The summed E-state index contributed by atoms with van der Waals surface area (Å²) in [5.74, 6) is -0.257. The highest BCUT2D eigenvalue weighted by Gasteiger charge is 2.51. The second kappa shape index (κ2) is 11.5. The van der Waals surface area contributed by atoms with Crippen LogP contribution in [0.2, 0.25) is 0 Å². The molecule has 2 aromatic rings. The molecule has 6 nitrogen and oxygen atoms in total. The van der Waals surface area contributed by atoms with Crippen LogP contribution in [0, 0.1) is 29.0 Å². The quantitative estimate of drug-likeness (QED) is 0.540. The summed E-state index contributed by atoms with van der Waals surface area (Å²) in [6, 6.07) is 13.3. The van der Waals surface area contributed by atoms with Gasteiger partial charge in [0.05, 0.1) is 23.3 Å². The molecule has 0 aromatic heterocycles. The number of anilines is 1. The number of nitrogens with one attached hydrogen (secondary N) is 1. The number of carbonyl (C=O) groups is 1. The van der Waals surface area contributed by atoms with Crippen molar-refractivity contribution in [1.29, 1.82) is 5.26 Å². The van der Waals surface area contributed by atoms with E-state index in [2.05, 4.69) is 10.2 Å². The van der Waals surface area contributed by atoms with E-state index in [4.69, 9.17) is 5.26 Å². The molecule has 0 bridgehead atoms. The van der Waals surface area contributed by atoms with Crippen molar-refractivity contribution in [3.63, 3.8) is 0 Å². The Morgan fingerprint density at radius 1 is 1.16 bits per heavy atom. The fraction of sp³-hybridized carbons (Fsp3) is 0.481. The molecule has 2 aromatic carbocycles. The van der Waals surface area contributed by atoms with Crippen molar-refractivity contribution in [2.45, 2.75) is 44.0 Å². The maximum Gasteiger partial charge on any atom is 0.419 e. The topological polar surface area (TPSA) is 79.6 Å². The van der Waals surface area contributed by atoms with Gasteiger partial charge in [-0.05, 0) is 67.9 Å². The lowest BCUT2D eigenvalue weighted by atomic mass is 10.1. The highest BCUT2D eigenvalue weighted by molar-refractivity contribution is 5.89. The maximum absolute atomic E-state index is 13.5. The molecule has 1 aliphatic heterocycles. The van der Waals surface area contributed by atoms with Crippen molar-refractivity contribution in [1.82, 2.24) is 9.80 Å². The fourth-order valence-corrected chi connectivity index (χ4v) is 5.27. The first kappa shape index (κ1) is 26.9. The maximum atomic E-state index is 13.5. The first-order chi connectivity index (χ1) is 17.7. The lowest BCUT2D eigenvalue weighted by Crippen LogP contribution is -2.46. The predicted octanol–water partition coefficient (Wildman–Crippen LogP) is 5.10. The van der Waals surface area contributed by atoms with Crippen LogP contribution >= 0.6 is 0 Å². The third-order valence-electron chi connectivity index (χ3n) is 7.30. The average molecular weight is 519 g/mol. The molecular formula is C27H30F4N4O2. The summed E-state index contributed by atoms with van der Waals surface area (Å²) in [4.78, 5) is 16.8. The zero-order valence-electron chi connectivity index (χ0n) is 20.3. The van der Waals surface area contributed by atoms with Crippen molar-refractivity contribution < 1.29 is 27.5 Å². The van der Waals surface area contributed by atoms with Gasteiger partial charge in [0.1, 0.15) is 5.82 Å². The van der Waals surface area contributed by atoms with E-state index in [1.54, 1.807) is 17.0 Å². The molecule has 198 valence electrons. The summed E-state index contributed by atoms with van der Waals surface area (Å²) in [6.45, 7) is 2.38. The molecule has 4 atom stereocenters. The summed E-state index contributed by atoms with van der Waals surface area (Å²) in [5.41, 5.74) is -0.751. The number of nitrogens with zero attached hydrogens (tertiary/aromatic N) is 3. The van der Waals surface area contributed by atoms with Crippen LogP contribution in [0.3, 0.4) is 0 Å². The molecule has 1 saturated heterocycles. The first-order valence-electron chi connectivity index (χ1n) is 12.5. The second-order valence-electron chi connectivity index (χ2n) is 9.84. The lowest BCUT2D eigenvalue weighted by molar-refractivity contribution is -0.139. The number of fused-ring (bicyclic) bond motifs is 1. The van der Waals surface area contributed by atoms with Gasteiger partial charge in [-0.25, -0.2) is 9.18 Å². The Hall–Kier alpha value is -3.16. The normalized spacial score (nSPS) is 24.4. The minimum atomic E-state index is -4.83. The van der Waals surface area contributed by atoms with Gasteiger partial charge < -0.3 is 15.3 Å². The molecule has 3 aliphatic rings. The van der Waals surface area contributed by atoms with Crippen molar-refractivity contribution in [3.05, 3.63) is 65.5 Å². The SMILES string of the molecule is N#Cc1ccccc1.O=C(Nc1ccc(F)c(C(F)(F)F)c1)N(CCN1CCC(O)C1)C1CCC2CC21. The molecule has 0 spiro atoms. The van der Waals surface area contributed by atoms with E-state index in [0.29, 0.717) is 49.5 Å². The van der Waals surface area contributed by atoms with Gasteiger partial charge in [0.2, 0.25) is 0 Å². The summed E-state index contributed by atoms with van der Waals surface area (Å²) < 4.78 is 52.4. The summed E-state index contributed by atoms with van der Waals surface area (Å²) >= 11 is 0. The van der Waals surface area contributed by atoms with E-state index in [1.807, 2.05) is 24.3 Å². The van der Waals surface area contributed by atoms with E-state index in [9.17, 15) is 27.5 Å². The van der Waals surface area contributed by atoms with Gasteiger partial charge in [-0.15, -0.1) is 0 Å². The number of aliphatic hydroxyl groups is 1. The third kappa shape index (κ3) is 6.99. The third-order valence-corrected chi connectivity index (χ3v) is 7.30. The highest BCUT2D eigenvalue weighted by Crippen LogP contribution is 2.53. The minimum absolute atomic E-state index is 0.0735. The van der Waals surface area contributed by atoms with Crippen LogP contribution in [0.5, 0.6) is 0 Å². The monoisotopic (exact) mass is 518 g/mol. The Labute approximate surface area is 213 Å². The molecular weight excluding hydrogens is 488 g/mol. The molecule has 2 aliphatic carbocycles. The Morgan fingerprint density at radius 3 is 2.46 bits per heavy atom. The largest absolute Gasteiger partial charge is 0.419 e. The van der Waals surface area contributed by atoms with E-state index in [-0.39, 0.29) is 17.8 Å². The zero-order valence-corrected chi connectivity index (χ0v) is 20.3. The standard InChI is InChI=1S/C20H25F4N3O2.C7H5N/c21-17-3-2-13(10-16(17)20(22,23)24)25-19(29)27(18-4-1-12-9-15(12)18)8-7-26-6-5-14(28)11-26;8-6-7-4-2-1-3-5-7/h2-3,10,12,14-15,18,28H,1,4-9,11H2,(H,25,29);1-5H. The zero-order chi connectivity index (χ0) is 26.6. The number of urea groups is 1. The average Bonchev–Trinajstić information content (AvgIpc) is 3.34. The number of benzene rings is 2. The van der Waals surface area contributed by atoms with E-state index in [0.717, 1.165) is 37.9 Å². The summed E-state index contributed by atoms with van der Waals surface area (Å²) in [7, 11) is 0. The number of hydrogen-bond acceptors (Lipinski definition) is 4. The molecule has 1 heterocycles. The van der Waals surface area contributed by atoms with Gasteiger partial charge >= 0.3 is 12.2 Å². The molecule has 3 fully saturated rings. The number of halogens is 4. The molecule has 37 heavy (non-hydrogen) atoms. The number of rotatable bonds is 5. The molecule has 4 unspecified atom stereocenters. The van der Waals surface area contributed by atoms with Crippen molar-refractivity contribution in [2.24, 2.45) is 11.8 Å². The number of β-amino-alcohol motifs (C(OH)–C–C–N with tert-alkyl or cyclic N) is 1. The van der Waals surface area contributed by atoms with Crippen LogP contribution in [-0.2, 0) is 6.18 Å². The van der Waals surface area contributed by atoms with Gasteiger partial charge in [-0.3, -0.25) is 4.90 Å². The van der Waals surface area contributed by atoms with Gasteiger partial charge in [0.25, 0.3) is 0 Å². The van der Waals surface area contributed by atoms with Crippen LogP contribution < -0.4 is 5.32 Å². The van der Waals surface area contributed by atoms with Gasteiger partial charge in [0.15, 0.2) is 0 Å². The summed E-state index contributed by atoms with van der Waals surface area (Å²) in [5, 5.41) is 20.5. The number of carbonyl (C=O) groups excluding carboxylic acids is 1. The van der Waals surface area contributed by atoms with Gasteiger partial charge in [0, 0.05) is 37.9 Å². The number of nitriles is 1. The van der Waals surface area contributed by atoms with Crippen LogP contribution in [0.15, 0.2) is 48.5 Å². The fourth-order valence-electron chi connectivity index (χ4n) is 5.27. The molecule has 2 saturated carbocycles. The molecule has 5 rings (SSSR count). The summed E-state index contributed by atoms with van der Waals surface area (Å²) in [6.07, 6.45) is -1.43. The number of likely N-dealkylation sites (tertiary alicyclic amines) is 1. The van der Waals surface area contributed by atoms with E-state index < -0.39 is 23.6 Å². The van der Waals surface area contributed by atoms with Gasteiger partial charge in [-0.1, -0.05) is 18.2 Å². The molecule has 0 radical (unpaired) electrons. The van der Waals surface area contributed by atoms with E-state index in [1.165, 1.54) is 0 Å². The van der Waals surface area contributed by atoms with Gasteiger partial charge in [-0.2, -0.15) is 18.4 Å². The first-order valence-corrected chi connectivity index (χ1v) is 12.5. The van der Waals surface area contributed by atoms with Crippen molar-refractivity contribution >= 4 is 11.7 Å². The predicted molar refractivity (Wildman–Crippen MR) is 130 cm³/mol. The highest BCUT2D eigenvalue weighted by atomic mass is 19.4. The van der Waals surface area contributed by atoms with Crippen molar-refractivity contribution in [2.75, 3.05) is 31.5 Å². The van der Waals surface area contributed by atoms with Crippen molar-refractivity contribution in [3.8, 4) is 6.07 Å². The van der Waals surface area contributed by atoms with Crippen LogP contribution in [0.1, 0.15) is 36.8 Å². The smallest absolute Gasteiger partial charge is 0.392 e. The lowest BCUT2D eigenvalue weighted by Gasteiger charge is -2.32. The second-order valence-corrected chi connectivity index (χ2v) is 9.84. The molecule has 2 N–H and O–H groups in total. The van der Waals surface area contributed by atoms with E-state index >= 15 is 0 Å². The van der Waals surface area contributed by atoms with Crippen LogP contribution in [0.4, 0.5) is 28.0 Å². The Morgan fingerprint density at radius 2 is 1.92 bits per heavy atom. The number of hydrogen-bond donors (Lipinski definition) is 2. The van der Waals surface area contributed by atoms with Crippen LogP contribution in [0.25, 0.3) is 0 Å². The number of aliphatic hydroxyl groups excluding tert-OH is 1. The Kier molecular flexibility index (Phi) is 8.35. The number of alkyl halides is 3. The Bertz CT molecular complexity index is 1120. The number of amides is 2. The Balaban J connectivity index is 0.000000342. The molecule has 2 amide bonds. The molecule has 10 heteroatoms. The van der Waals surface area contributed by atoms with Crippen LogP contribution in [-0.4, -0.2) is 59.3 Å².